The number of unbranched alkanes of at least 4 members (excludes halogenated alkanes) is 1. The zero-order valence-electron chi connectivity index (χ0n) is 15.1. The van der Waals surface area contributed by atoms with Crippen LogP contribution in [0.1, 0.15) is 59.1 Å². The topological polar surface area (TPSA) is 55.4 Å². The molecule has 0 saturated carbocycles. The van der Waals surface area contributed by atoms with Crippen LogP contribution < -0.4 is 5.32 Å². The molecule has 1 atom stereocenters. The minimum Gasteiger partial charge on any atom is -0.378 e. The summed E-state index contributed by atoms with van der Waals surface area (Å²) in [5.74, 6) is 0.0191. The summed E-state index contributed by atoms with van der Waals surface area (Å²) >= 11 is 1.45. The van der Waals surface area contributed by atoms with Gasteiger partial charge in [-0.05, 0) is 68.2 Å². The van der Waals surface area contributed by atoms with E-state index in [0.717, 1.165) is 41.9 Å². The van der Waals surface area contributed by atoms with Gasteiger partial charge in [-0.3, -0.25) is 9.59 Å². The quantitative estimate of drug-likeness (QED) is 0.541. The van der Waals surface area contributed by atoms with Gasteiger partial charge in [-0.2, -0.15) is 0 Å². The van der Waals surface area contributed by atoms with Crippen molar-refractivity contribution in [2.75, 3.05) is 13.2 Å². The van der Waals surface area contributed by atoms with E-state index in [9.17, 15) is 9.59 Å². The third kappa shape index (κ3) is 4.80. The van der Waals surface area contributed by atoms with Gasteiger partial charge >= 0.3 is 0 Å². The van der Waals surface area contributed by atoms with Crippen LogP contribution in [0.5, 0.6) is 0 Å². The van der Waals surface area contributed by atoms with Crippen LogP contribution in [-0.4, -0.2) is 30.9 Å². The van der Waals surface area contributed by atoms with E-state index < -0.39 is 0 Å². The van der Waals surface area contributed by atoms with Crippen molar-refractivity contribution in [1.29, 1.82) is 0 Å². The maximum absolute atomic E-state index is 12.2. The number of rotatable bonds is 8. The normalized spacial score (nSPS) is 16.6. The van der Waals surface area contributed by atoms with E-state index in [1.165, 1.54) is 24.2 Å². The molecule has 4 nitrogen and oxygen atoms in total. The van der Waals surface area contributed by atoms with Crippen LogP contribution in [0.25, 0.3) is 11.1 Å². The number of nitrogens with one attached hydrogen (secondary N) is 1. The van der Waals surface area contributed by atoms with Crippen LogP contribution in [0.4, 0.5) is 0 Å². The van der Waals surface area contributed by atoms with E-state index in [1.807, 2.05) is 35.7 Å². The van der Waals surface area contributed by atoms with Crippen LogP contribution in [0, 0.1) is 0 Å². The highest BCUT2D eigenvalue weighted by molar-refractivity contribution is 7.12. The number of carbonyl (C=O) groups is 2. The molecule has 1 saturated heterocycles. The number of hydrogen-bond donors (Lipinski definition) is 1. The second-order valence-electron chi connectivity index (χ2n) is 6.68. The summed E-state index contributed by atoms with van der Waals surface area (Å²) in [5, 5.41) is 4.90. The van der Waals surface area contributed by atoms with E-state index in [4.69, 9.17) is 4.74 Å². The number of benzene rings is 1. The van der Waals surface area contributed by atoms with Crippen molar-refractivity contribution < 1.29 is 14.3 Å². The van der Waals surface area contributed by atoms with Gasteiger partial charge < -0.3 is 10.1 Å². The predicted octanol–water partition coefficient (Wildman–Crippen LogP) is 4.70. The average molecular weight is 372 g/mol. The molecule has 1 aromatic heterocycles. The maximum Gasteiger partial charge on any atom is 0.251 e. The number of carbonyl (C=O) groups excluding carboxylic acids is 2. The molecular weight excluding hydrogens is 346 g/mol. The second kappa shape index (κ2) is 9.10. The summed E-state index contributed by atoms with van der Waals surface area (Å²) < 4.78 is 5.61. The van der Waals surface area contributed by atoms with Crippen molar-refractivity contribution in [1.82, 2.24) is 5.32 Å². The molecule has 1 aromatic carbocycles. The molecule has 2 heterocycles. The van der Waals surface area contributed by atoms with Crippen molar-refractivity contribution in [2.24, 2.45) is 0 Å². The average Bonchev–Trinajstić information content (AvgIpc) is 3.33. The molecule has 5 heteroatoms. The van der Waals surface area contributed by atoms with E-state index in [1.54, 1.807) is 6.92 Å². The lowest BCUT2D eigenvalue weighted by Crippen LogP contribution is -2.24. The Morgan fingerprint density at radius 1 is 1.19 bits per heavy atom. The summed E-state index contributed by atoms with van der Waals surface area (Å²) in [4.78, 5) is 24.7. The van der Waals surface area contributed by atoms with E-state index in [-0.39, 0.29) is 11.7 Å². The molecule has 1 aliphatic rings. The molecular formula is C21H25NO3S. The predicted molar refractivity (Wildman–Crippen MR) is 105 cm³/mol. The molecule has 1 amide bonds. The van der Waals surface area contributed by atoms with Crippen LogP contribution in [0.3, 0.4) is 0 Å². The zero-order chi connectivity index (χ0) is 18.4. The summed E-state index contributed by atoms with van der Waals surface area (Å²) in [7, 11) is 0. The molecule has 0 bridgehead atoms. The number of ketones is 1. The Balaban J connectivity index is 1.47. The smallest absolute Gasteiger partial charge is 0.251 e. The molecule has 1 aliphatic heterocycles. The van der Waals surface area contributed by atoms with E-state index in [0.29, 0.717) is 18.2 Å². The fourth-order valence-electron chi connectivity index (χ4n) is 3.28. The third-order valence-corrected chi connectivity index (χ3v) is 5.72. The lowest BCUT2D eigenvalue weighted by molar-refractivity contribution is 0.0946. The van der Waals surface area contributed by atoms with Gasteiger partial charge in [0.2, 0.25) is 0 Å². The Kier molecular flexibility index (Phi) is 6.58. The number of thiophene rings is 1. The summed E-state index contributed by atoms with van der Waals surface area (Å²) in [6, 6.07) is 9.39. The maximum atomic E-state index is 12.2. The van der Waals surface area contributed by atoms with Crippen molar-refractivity contribution in [3.05, 3.63) is 46.2 Å². The van der Waals surface area contributed by atoms with Crippen molar-refractivity contribution in [3.8, 4) is 11.1 Å². The van der Waals surface area contributed by atoms with Gasteiger partial charge in [-0.25, -0.2) is 0 Å². The molecule has 0 radical (unpaired) electrons. The Morgan fingerprint density at radius 2 is 2.00 bits per heavy atom. The molecule has 1 fully saturated rings. The molecule has 0 unspecified atom stereocenters. The van der Waals surface area contributed by atoms with Gasteiger partial charge in [0.1, 0.15) is 0 Å². The SMILES string of the molecule is CC(=O)c1sccc1-c1ccc(C(=O)NCCCC[C@@H]2CCCO2)cc1. The molecule has 0 aliphatic carbocycles. The summed E-state index contributed by atoms with van der Waals surface area (Å²) in [5.41, 5.74) is 2.54. The van der Waals surface area contributed by atoms with Gasteiger partial charge in [-0.15, -0.1) is 11.3 Å². The largest absolute Gasteiger partial charge is 0.378 e. The first-order valence-corrected chi connectivity index (χ1v) is 10.1. The van der Waals surface area contributed by atoms with Gasteiger partial charge in [0.05, 0.1) is 11.0 Å². The molecule has 0 spiro atoms. The molecule has 3 rings (SSSR count). The van der Waals surface area contributed by atoms with Gasteiger partial charge in [0.15, 0.2) is 5.78 Å². The summed E-state index contributed by atoms with van der Waals surface area (Å²) in [6.45, 7) is 3.17. The van der Waals surface area contributed by atoms with Gasteiger partial charge in [-0.1, -0.05) is 12.1 Å². The lowest BCUT2D eigenvalue weighted by atomic mass is 10.0. The van der Waals surface area contributed by atoms with Crippen LogP contribution in [0.15, 0.2) is 35.7 Å². The highest BCUT2D eigenvalue weighted by Crippen LogP contribution is 2.28. The molecule has 26 heavy (non-hydrogen) atoms. The van der Waals surface area contributed by atoms with Crippen molar-refractivity contribution in [3.63, 3.8) is 0 Å². The van der Waals surface area contributed by atoms with Crippen LogP contribution >= 0.6 is 11.3 Å². The Hall–Kier alpha value is -1.98. The fourth-order valence-corrected chi connectivity index (χ4v) is 4.10. The molecule has 1 N–H and O–H groups in total. The first-order chi connectivity index (χ1) is 12.6. The van der Waals surface area contributed by atoms with E-state index in [2.05, 4.69) is 5.32 Å². The highest BCUT2D eigenvalue weighted by atomic mass is 32.1. The lowest BCUT2D eigenvalue weighted by Gasteiger charge is -2.09. The van der Waals surface area contributed by atoms with Crippen molar-refractivity contribution in [2.45, 2.75) is 45.1 Å². The fraction of sp³-hybridized carbons (Fsp3) is 0.429. The zero-order valence-corrected chi connectivity index (χ0v) is 15.9. The number of hydrogen-bond acceptors (Lipinski definition) is 4. The first-order valence-electron chi connectivity index (χ1n) is 9.24. The standard InChI is InChI=1S/C21H25NO3S/c1-15(23)20-19(11-14-26-20)16-7-9-17(10-8-16)21(24)22-12-3-2-5-18-6-4-13-25-18/h7-11,14,18H,2-6,12-13H2,1H3,(H,22,24)/t18-/m1/s1. The highest BCUT2D eigenvalue weighted by Gasteiger charge is 2.15. The minimum atomic E-state index is -0.0502. The minimum absolute atomic E-state index is 0.0502. The molecule has 138 valence electrons. The van der Waals surface area contributed by atoms with Crippen LogP contribution in [-0.2, 0) is 4.74 Å². The van der Waals surface area contributed by atoms with Crippen molar-refractivity contribution >= 4 is 23.0 Å². The Morgan fingerprint density at radius 3 is 2.69 bits per heavy atom. The first kappa shape index (κ1) is 18.8. The number of ether oxygens (including phenoxy) is 1. The Labute approximate surface area is 158 Å². The van der Waals surface area contributed by atoms with Gasteiger partial charge in [0.25, 0.3) is 5.91 Å². The third-order valence-electron chi connectivity index (χ3n) is 4.71. The number of amides is 1. The second-order valence-corrected chi connectivity index (χ2v) is 7.60. The Bertz CT molecular complexity index is 745. The monoisotopic (exact) mass is 371 g/mol. The van der Waals surface area contributed by atoms with Crippen LogP contribution in [0.2, 0.25) is 0 Å². The summed E-state index contributed by atoms with van der Waals surface area (Å²) in [6.07, 6.45) is 5.92. The van der Waals surface area contributed by atoms with Gasteiger partial charge in [0, 0.05) is 24.3 Å². The van der Waals surface area contributed by atoms with E-state index >= 15 is 0 Å². The number of Topliss-reactive ketones (excluding diaryl/α,β-unsaturated/α-hetero) is 1. The molecule has 2 aromatic rings.